The molecule has 3 heteroatoms. The van der Waals surface area contributed by atoms with Crippen molar-refractivity contribution in [3.05, 3.63) is 65.7 Å². The largest absolute Gasteiger partial charge is 0.333 e. The van der Waals surface area contributed by atoms with Gasteiger partial charge in [-0.1, -0.05) is 63.2 Å². The lowest BCUT2D eigenvalue weighted by Crippen LogP contribution is -2.90. The van der Waals surface area contributed by atoms with Crippen LogP contribution in [0.1, 0.15) is 38.8 Å². The molecule has 3 nitrogen and oxygen atoms in total. The number of quaternary nitrogens is 1. The average Bonchev–Trinajstić information content (AvgIpc) is 2.53. The van der Waals surface area contributed by atoms with Crippen molar-refractivity contribution in [2.75, 3.05) is 5.32 Å². The lowest BCUT2D eigenvalue weighted by Gasteiger charge is -2.19. The highest BCUT2D eigenvalue weighted by Crippen LogP contribution is 2.23. The third-order valence-electron chi connectivity index (χ3n) is 3.98. The number of carbonyl (C=O) groups excluding carboxylic acids is 1. The number of nitrogens with two attached hydrogens (primary N) is 1. The molecule has 1 atom stereocenters. The van der Waals surface area contributed by atoms with Gasteiger partial charge in [-0.2, -0.15) is 0 Å². The predicted octanol–water partition coefficient (Wildman–Crippen LogP) is 3.07. The molecule has 0 spiro atoms. The zero-order valence-electron chi connectivity index (χ0n) is 14.5. The number of benzene rings is 2. The number of anilines is 1. The Balaban J connectivity index is 1.88. The van der Waals surface area contributed by atoms with Gasteiger partial charge in [0.2, 0.25) is 0 Å². The first-order chi connectivity index (χ1) is 10.9. The molecule has 0 fully saturated rings. The maximum atomic E-state index is 12.3. The summed E-state index contributed by atoms with van der Waals surface area (Å²) in [6.07, 6.45) is 0. The highest BCUT2D eigenvalue weighted by molar-refractivity contribution is 5.93. The number of rotatable bonds is 5. The Labute approximate surface area is 139 Å². The standard InChI is InChI=1S/C20H26N2O/c1-15(21-14-16-8-6-5-7-9-16)19(23)22-18-12-10-17(11-13-18)20(2,3)4/h5-13,15,21H,14H2,1-4H3,(H,22,23)/p+1/t15-/m1/s1. The first kappa shape index (κ1) is 17.2. The minimum atomic E-state index is -0.127. The summed E-state index contributed by atoms with van der Waals surface area (Å²) in [5.41, 5.74) is 3.46. The molecule has 0 aromatic heterocycles. The molecule has 0 bridgehead atoms. The van der Waals surface area contributed by atoms with E-state index in [-0.39, 0.29) is 17.4 Å². The van der Waals surface area contributed by atoms with Gasteiger partial charge in [0.1, 0.15) is 6.54 Å². The Kier molecular flexibility index (Phi) is 5.56. The van der Waals surface area contributed by atoms with Gasteiger partial charge < -0.3 is 10.6 Å². The van der Waals surface area contributed by atoms with Crippen LogP contribution in [0.5, 0.6) is 0 Å². The molecule has 23 heavy (non-hydrogen) atoms. The van der Waals surface area contributed by atoms with Gasteiger partial charge in [0.05, 0.1) is 0 Å². The molecule has 0 saturated carbocycles. The molecule has 0 heterocycles. The van der Waals surface area contributed by atoms with Gasteiger partial charge in [-0.15, -0.1) is 0 Å². The van der Waals surface area contributed by atoms with Gasteiger partial charge in [-0.05, 0) is 30.0 Å². The summed E-state index contributed by atoms with van der Waals surface area (Å²) in [5, 5.41) is 5.04. The Morgan fingerprint density at radius 3 is 2.22 bits per heavy atom. The summed E-state index contributed by atoms with van der Waals surface area (Å²) < 4.78 is 0. The Bertz CT molecular complexity index is 627. The molecular formula is C20H27N2O+. The number of nitrogens with one attached hydrogen (secondary N) is 1. The Morgan fingerprint density at radius 1 is 1.04 bits per heavy atom. The maximum absolute atomic E-state index is 12.3. The van der Waals surface area contributed by atoms with Crippen LogP contribution in [-0.4, -0.2) is 11.9 Å². The zero-order valence-corrected chi connectivity index (χ0v) is 14.5. The maximum Gasteiger partial charge on any atom is 0.282 e. The van der Waals surface area contributed by atoms with Crippen molar-refractivity contribution in [3.63, 3.8) is 0 Å². The summed E-state index contributed by atoms with van der Waals surface area (Å²) in [4.78, 5) is 12.3. The minimum Gasteiger partial charge on any atom is -0.333 e. The van der Waals surface area contributed by atoms with E-state index >= 15 is 0 Å². The fourth-order valence-electron chi connectivity index (χ4n) is 2.34. The summed E-state index contributed by atoms with van der Waals surface area (Å²) in [6.45, 7) is 9.28. The van der Waals surface area contributed by atoms with Crippen molar-refractivity contribution >= 4 is 11.6 Å². The van der Waals surface area contributed by atoms with Crippen LogP contribution in [0.15, 0.2) is 54.6 Å². The summed E-state index contributed by atoms with van der Waals surface area (Å²) in [6, 6.07) is 18.2. The van der Waals surface area contributed by atoms with Crippen molar-refractivity contribution in [3.8, 4) is 0 Å². The monoisotopic (exact) mass is 311 g/mol. The third kappa shape index (κ3) is 5.22. The highest BCUT2D eigenvalue weighted by atomic mass is 16.2. The fourth-order valence-corrected chi connectivity index (χ4v) is 2.34. The molecule has 0 aliphatic rings. The van der Waals surface area contributed by atoms with Crippen LogP contribution in [0.3, 0.4) is 0 Å². The normalized spacial score (nSPS) is 12.7. The second-order valence-corrected chi connectivity index (χ2v) is 7.03. The van der Waals surface area contributed by atoms with Gasteiger partial charge in [0.15, 0.2) is 6.04 Å². The van der Waals surface area contributed by atoms with Crippen molar-refractivity contribution in [1.29, 1.82) is 0 Å². The first-order valence-corrected chi connectivity index (χ1v) is 8.15. The van der Waals surface area contributed by atoms with Crippen LogP contribution in [0, 0.1) is 0 Å². The van der Waals surface area contributed by atoms with Crippen LogP contribution >= 0.6 is 0 Å². The lowest BCUT2D eigenvalue weighted by atomic mass is 9.87. The highest BCUT2D eigenvalue weighted by Gasteiger charge is 2.17. The zero-order chi connectivity index (χ0) is 16.9. The first-order valence-electron chi connectivity index (χ1n) is 8.15. The number of hydrogen-bond donors (Lipinski definition) is 2. The molecule has 3 N–H and O–H groups in total. The smallest absolute Gasteiger partial charge is 0.282 e. The topological polar surface area (TPSA) is 45.7 Å². The van der Waals surface area contributed by atoms with Crippen LogP contribution < -0.4 is 10.6 Å². The SMILES string of the molecule is C[C@@H]([NH2+]Cc1ccccc1)C(=O)Nc1ccc(C(C)(C)C)cc1. The van der Waals surface area contributed by atoms with Crippen LogP contribution in [0.2, 0.25) is 0 Å². The van der Waals surface area contributed by atoms with E-state index in [9.17, 15) is 4.79 Å². The molecule has 122 valence electrons. The number of hydrogen-bond acceptors (Lipinski definition) is 1. The predicted molar refractivity (Wildman–Crippen MR) is 95.3 cm³/mol. The van der Waals surface area contributed by atoms with Crippen molar-refractivity contribution in [2.45, 2.75) is 45.7 Å². The fraction of sp³-hybridized carbons (Fsp3) is 0.350. The Hall–Kier alpha value is -2.13. The van der Waals surface area contributed by atoms with E-state index in [1.54, 1.807) is 0 Å². The van der Waals surface area contributed by atoms with E-state index < -0.39 is 0 Å². The van der Waals surface area contributed by atoms with E-state index in [0.29, 0.717) is 0 Å². The van der Waals surface area contributed by atoms with Crippen LogP contribution in [0.4, 0.5) is 5.69 Å². The van der Waals surface area contributed by atoms with Gasteiger partial charge in [-0.3, -0.25) is 4.79 Å². The molecule has 2 aromatic carbocycles. The summed E-state index contributed by atoms with van der Waals surface area (Å²) in [7, 11) is 0. The molecular weight excluding hydrogens is 284 g/mol. The van der Waals surface area contributed by atoms with E-state index in [4.69, 9.17) is 0 Å². The van der Waals surface area contributed by atoms with Gasteiger partial charge in [0, 0.05) is 11.3 Å². The second-order valence-electron chi connectivity index (χ2n) is 7.03. The van der Waals surface area contributed by atoms with Gasteiger partial charge >= 0.3 is 0 Å². The third-order valence-corrected chi connectivity index (χ3v) is 3.98. The lowest BCUT2D eigenvalue weighted by molar-refractivity contribution is -0.688. The van der Waals surface area contributed by atoms with Crippen molar-refractivity contribution in [1.82, 2.24) is 0 Å². The Morgan fingerprint density at radius 2 is 1.65 bits per heavy atom. The molecule has 0 saturated heterocycles. The van der Waals surface area contributed by atoms with E-state index in [1.807, 2.05) is 42.6 Å². The van der Waals surface area contributed by atoms with E-state index in [0.717, 1.165) is 12.2 Å². The summed E-state index contributed by atoms with van der Waals surface area (Å²) >= 11 is 0. The molecule has 0 unspecified atom stereocenters. The number of amides is 1. The van der Waals surface area contributed by atoms with Crippen LogP contribution in [0.25, 0.3) is 0 Å². The molecule has 0 aliphatic heterocycles. The molecule has 2 aromatic rings. The van der Waals surface area contributed by atoms with Gasteiger partial charge in [0.25, 0.3) is 5.91 Å². The van der Waals surface area contributed by atoms with Gasteiger partial charge in [-0.25, -0.2) is 0 Å². The minimum absolute atomic E-state index is 0.0319. The average molecular weight is 311 g/mol. The molecule has 0 aliphatic carbocycles. The summed E-state index contributed by atoms with van der Waals surface area (Å²) in [5.74, 6) is 0.0319. The molecule has 1 amide bonds. The van der Waals surface area contributed by atoms with Crippen molar-refractivity contribution in [2.24, 2.45) is 0 Å². The number of carbonyl (C=O) groups is 1. The second kappa shape index (κ2) is 7.42. The molecule has 2 rings (SSSR count). The van der Waals surface area contributed by atoms with Crippen molar-refractivity contribution < 1.29 is 10.1 Å². The van der Waals surface area contributed by atoms with E-state index in [2.05, 4.69) is 50.4 Å². The quantitative estimate of drug-likeness (QED) is 0.876. The molecule has 0 radical (unpaired) electrons. The van der Waals surface area contributed by atoms with Crippen LogP contribution in [-0.2, 0) is 16.8 Å². The van der Waals surface area contributed by atoms with E-state index in [1.165, 1.54) is 11.1 Å².